The lowest BCUT2D eigenvalue weighted by atomic mass is 9.98. The Morgan fingerprint density at radius 1 is 1.57 bits per heavy atom. The van der Waals surface area contributed by atoms with Gasteiger partial charge in [0.1, 0.15) is 11.9 Å². The summed E-state index contributed by atoms with van der Waals surface area (Å²) in [5.41, 5.74) is 6.08. The van der Waals surface area contributed by atoms with Crippen molar-refractivity contribution in [1.82, 2.24) is 0 Å². The number of aliphatic hydroxyl groups is 1. The number of hydrogen-bond acceptors (Lipinski definition) is 3. The summed E-state index contributed by atoms with van der Waals surface area (Å²) in [6, 6.07) is 5.91. The molecule has 4 heteroatoms. The van der Waals surface area contributed by atoms with Gasteiger partial charge in [-0.25, -0.2) is 4.39 Å². The molecule has 0 bridgehead atoms. The fourth-order valence-corrected chi connectivity index (χ4v) is 1.20. The van der Waals surface area contributed by atoms with Crippen LogP contribution in [0.3, 0.4) is 0 Å². The third-order valence-electron chi connectivity index (χ3n) is 2.09. The van der Waals surface area contributed by atoms with Gasteiger partial charge in [-0.05, 0) is 17.7 Å². The zero-order valence-electron chi connectivity index (χ0n) is 7.57. The van der Waals surface area contributed by atoms with Crippen LogP contribution in [-0.2, 0) is 0 Å². The predicted molar refractivity (Wildman–Crippen MR) is 50.0 cm³/mol. The van der Waals surface area contributed by atoms with Crippen molar-refractivity contribution >= 4 is 0 Å². The molecule has 3 N–H and O–H groups in total. The molecule has 0 spiro atoms. The van der Waals surface area contributed by atoms with Crippen LogP contribution < -0.4 is 5.73 Å². The van der Waals surface area contributed by atoms with Gasteiger partial charge in [0, 0.05) is 12.5 Å². The monoisotopic (exact) mass is 194 g/mol. The summed E-state index contributed by atoms with van der Waals surface area (Å²) in [5, 5.41) is 17.5. The van der Waals surface area contributed by atoms with Gasteiger partial charge in [0.05, 0.1) is 12.2 Å². The molecule has 0 heterocycles. The molecule has 74 valence electrons. The molecule has 14 heavy (non-hydrogen) atoms. The van der Waals surface area contributed by atoms with Crippen LogP contribution in [0.2, 0.25) is 0 Å². The first-order valence-corrected chi connectivity index (χ1v) is 4.23. The van der Waals surface area contributed by atoms with E-state index >= 15 is 0 Å². The van der Waals surface area contributed by atoms with Gasteiger partial charge in [-0.2, -0.15) is 5.26 Å². The Kier molecular flexibility index (Phi) is 3.57. The van der Waals surface area contributed by atoms with E-state index < -0.39 is 5.82 Å². The summed E-state index contributed by atoms with van der Waals surface area (Å²) in [6.45, 7) is 0.167. The van der Waals surface area contributed by atoms with E-state index in [9.17, 15) is 4.39 Å². The van der Waals surface area contributed by atoms with Crippen molar-refractivity contribution in [3.8, 4) is 6.07 Å². The third kappa shape index (κ3) is 2.08. The summed E-state index contributed by atoms with van der Waals surface area (Å²) in [7, 11) is 0. The minimum Gasteiger partial charge on any atom is -0.396 e. The van der Waals surface area contributed by atoms with Crippen LogP contribution in [0.4, 0.5) is 4.39 Å². The Hall–Kier alpha value is -1.44. The van der Waals surface area contributed by atoms with E-state index in [-0.39, 0.29) is 24.6 Å². The van der Waals surface area contributed by atoms with E-state index in [0.29, 0.717) is 5.56 Å². The molecule has 1 aromatic carbocycles. The maximum Gasteiger partial charge on any atom is 0.140 e. The van der Waals surface area contributed by atoms with Crippen LogP contribution >= 0.6 is 0 Å². The molecular weight excluding hydrogens is 183 g/mol. The van der Waals surface area contributed by atoms with Crippen LogP contribution in [0.1, 0.15) is 17.0 Å². The van der Waals surface area contributed by atoms with Crippen LogP contribution in [-0.4, -0.2) is 18.3 Å². The second-order valence-electron chi connectivity index (χ2n) is 2.97. The molecule has 1 unspecified atom stereocenters. The van der Waals surface area contributed by atoms with Gasteiger partial charge in [0.2, 0.25) is 0 Å². The third-order valence-corrected chi connectivity index (χ3v) is 2.09. The molecule has 0 saturated carbocycles. The summed E-state index contributed by atoms with van der Waals surface area (Å²) >= 11 is 0. The molecule has 0 aliphatic carbocycles. The Morgan fingerprint density at radius 3 is 2.79 bits per heavy atom. The molecule has 0 fully saturated rings. The summed E-state index contributed by atoms with van der Waals surface area (Å²) in [6.07, 6.45) is 0. The minimum absolute atomic E-state index is 0.0191. The van der Waals surface area contributed by atoms with E-state index in [2.05, 4.69) is 0 Å². The van der Waals surface area contributed by atoms with Gasteiger partial charge in [0.25, 0.3) is 0 Å². The fraction of sp³-hybridized carbons (Fsp3) is 0.300. The second kappa shape index (κ2) is 4.70. The Bertz CT molecular complexity index is 356. The number of aliphatic hydroxyl groups excluding tert-OH is 1. The SMILES string of the molecule is N#Cc1cc(C(CN)CO)ccc1F. The van der Waals surface area contributed by atoms with Gasteiger partial charge in [-0.15, -0.1) is 0 Å². The standard InChI is InChI=1S/C10H11FN2O/c11-10-2-1-7(3-8(10)4-12)9(5-13)6-14/h1-3,9,14H,5-6,13H2. The van der Waals surface area contributed by atoms with Crippen molar-refractivity contribution in [3.63, 3.8) is 0 Å². The number of halogens is 1. The summed E-state index contributed by atoms with van der Waals surface area (Å²) in [5.74, 6) is -0.785. The van der Waals surface area contributed by atoms with Gasteiger partial charge >= 0.3 is 0 Å². The van der Waals surface area contributed by atoms with Crippen molar-refractivity contribution < 1.29 is 9.50 Å². The minimum atomic E-state index is -0.551. The van der Waals surface area contributed by atoms with E-state index in [1.54, 1.807) is 6.07 Å². The van der Waals surface area contributed by atoms with Crippen molar-refractivity contribution in [2.24, 2.45) is 5.73 Å². The highest BCUT2D eigenvalue weighted by atomic mass is 19.1. The smallest absolute Gasteiger partial charge is 0.140 e. The molecule has 0 radical (unpaired) electrons. The Balaban J connectivity index is 3.06. The van der Waals surface area contributed by atoms with E-state index in [1.807, 2.05) is 0 Å². The highest BCUT2D eigenvalue weighted by Gasteiger charge is 2.10. The zero-order chi connectivity index (χ0) is 10.6. The molecule has 0 aromatic heterocycles. The zero-order valence-corrected chi connectivity index (χ0v) is 7.57. The van der Waals surface area contributed by atoms with Crippen LogP contribution in [0.5, 0.6) is 0 Å². The van der Waals surface area contributed by atoms with Crippen LogP contribution in [0, 0.1) is 17.1 Å². The van der Waals surface area contributed by atoms with Gasteiger partial charge in [-0.1, -0.05) is 6.07 Å². The molecule has 1 aromatic rings. The number of nitriles is 1. The lowest BCUT2D eigenvalue weighted by Crippen LogP contribution is -2.16. The second-order valence-corrected chi connectivity index (χ2v) is 2.97. The largest absolute Gasteiger partial charge is 0.396 e. The van der Waals surface area contributed by atoms with Crippen molar-refractivity contribution in [1.29, 1.82) is 5.26 Å². The first kappa shape index (κ1) is 10.6. The van der Waals surface area contributed by atoms with E-state index in [1.165, 1.54) is 18.2 Å². The number of nitrogens with zero attached hydrogens (tertiary/aromatic N) is 1. The maximum absolute atomic E-state index is 12.9. The van der Waals surface area contributed by atoms with Gasteiger partial charge < -0.3 is 10.8 Å². The van der Waals surface area contributed by atoms with Crippen LogP contribution in [0.25, 0.3) is 0 Å². The van der Waals surface area contributed by atoms with E-state index in [0.717, 1.165) is 0 Å². The van der Waals surface area contributed by atoms with Crippen molar-refractivity contribution in [2.75, 3.05) is 13.2 Å². The highest BCUT2D eigenvalue weighted by molar-refractivity contribution is 5.36. The molecule has 1 atom stereocenters. The molecule has 0 aliphatic rings. The number of nitrogens with two attached hydrogens (primary N) is 1. The first-order valence-electron chi connectivity index (χ1n) is 4.23. The van der Waals surface area contributed by atoms with Gasteiger partial charge in [0.15, 0.2) is 0 Å². The number of hydrogen-bond donors (Lipinski definition) is 2. The molecular formula is C10H11FN2O. The fourth-order valence-electron chi connectivity index (χ4n) is 1.20. The predicted octanol–water partition coefficient (Wildman–Crippen LogP) is 0.732. The van der Waals surface area contributed by atoms with Gasteiger partial charge in [-0.3, -0.25) is 0 Å². The van der Waals surface area contributed by atoms with Crippen molar-refractivity contribution in [3.05, 3.63) is 35.1 Å². The van der Waals surface area contributed by atoms with Crippen LogP contribution in [0.15, 0.2) is 18.2 Å². The Morgan fingerprint density at radius 2 is 2.29 bits per heavy atom. The van der Waals surface area contributed by atoms with E-state index in [4.69, 9.17) is 16.1 Å². The summed E-state index contributed by atoms with van der Waals surface area (Å²) in [4.78, 5) is 0. The molecule has 1 rings (SSSR count). The average molecular weight is 194 g/mol. The van der Waals surface area contributed by atoms with Crippen molar-refractivity contribution in [2.45, 2.75) is 5.92 Å². The lowest BCUT2D eigenvalue weighted by molar-refractivity contribution is 0.268. The molecule has 3 nitrogen and oxygen atoms in total. The normalized spacial score (nSPS) is 12.1. The Labute approximate surface area is 81.6 Å². The average Bonchev–Trinajstić information content (AvgIpc) is 2.22. The molecule has 0 saturated heterocycles. The lowest BCUT2D eigenvalue weighted by Gasteiger charge is -2.11. The maximum atomic E-state index is 12.9. The number of rotatable bonds is 3. The highest BCUT2D eigenvalue weighted by Crippen LogP contribution is 2.17. The molecule has 0 amide bonds. The molecule has 0 aliphatic heterocycles. The first-order chi connectivity index (χ1) is 6.72. The summed E-state index contributed by atoms with van der Waals surface area (Å²) < 4.78 is 12.9. The topological polar surface area (TPSA) is 70.0 Å². The number of benzene rings is 1. The quantitative estimate of drug-likeness (QED) is 0.745.